The molecule has 2 amide bonds. The maximum absolute atomic E-state index is 12.5. The second-order valence-electron chi connectivity index (χ2n) is 6.04. The van der Waals surface area contributed by atoms with E-state index in [0.717, 1.165) is 5.69 Å². The fraction of sp³-hybridized carbons (Fsp3) is 0.263. The van der Waals surface area contributed by atoms with Gasteiger partial charge in [-0.2, -0.15) is 0 Å². The number of nitrogens with one attached hydrogen (secondary N) is 1. The lowest BCUT2D eigenvalue weighted by molar-refractivity contribution is -0.121. The Hall–Kier alpha value is -2.82. The number of nitrogens with zero attached hydrogens (tertiary/aromatic N) is 1. The first-order valence-corrected chi connectivity index (χ1v) is 8.14. The molecule has 0 aliphatic carbocycles. The molecule has 3 N–H and O–H groups in total. The molecular weight excluding hydrogens is 302 g/mol. The van der Waals surface area contributed by atoms with Gasteiger partial charge < -0.3 is 16.0 Å². The minimum Gasteiger partial charge on any atom is -0.399 e. The van der Waals surface area contributed by atoms with Crippen molar-refractivity contribution in [3.63, 3.8) is 0 Å². The first-order valence-electron chi connectivity index (χ1n) is 8.14. The van der Waals surface area contributed by atoms with Gasteiger partial charge >= 0.3 is 0 Å². The molecule has 1 aliphatic rings. The lowest BCUT2D eigenvalue weighted by Gasteiger charge is -2.31. The molecule has 2 aromatic rings. The van der Waals surface area contributed by atoms with E-state index in [-0.39, 0.29) is 17.7 Å². The minimum atomic E-state index is -0.0549. The van der Waals surface area contributed by atoms with Crippen LogP contribution in [0.1, 0.15) is 23.2 Å². The van der Waals surface area contributed by atoms with E-state index in [1.807, 2.05) is 30.3 Å². The molecule has 0 bridgehead atoms. The molecule has 1 fully saturated rings. The molecule has 2 aromatic carbocycles. The summed E-state index contributed by atoms with van der Waals surface area (Å²) >= 11 is 0. The minimum absolute atomic E-state index is 0.00285. The van der Waals surface area contributed by atoms with Gasteiger partial charge in [0.25, 0.3) is 5.91 Å². The number of piperidine rings is 1. The molecule has 24 heavy (non-hydrogen) atoms. The number of anilines is 2. The molecule has 0 spiro atoms. The highest BCUT2D eigenvalue weighted by molar-refractivity contribution is 5.95. The molecule has 0 saturated carbocycles. The van der Waals surface area contributed by atoms with Crippen LogP contribution in [-0.4, -0.2) is 29.8 Å². The van der Waals surface area contributed by atoms with Gasteiger partial charge in [0.2, 0.25) is 5.91 Å². The van der Waals surface area contributed by atoms with Crippen LogP contribution in [0.4, 0.5) is 11.4 Å². The summed E-state index contributed by atoms with van der Waals surface area (Å²) in [5, 5.41) is 2.94. The van der Waals surface area contributed by atoms with Gasteiger partial charge in [-0.3, -0.25) is 9.59 Å². The average molecular weight is 323 g/mol. The number of hydrogen-bond acceptors (Lipinski definition) is 3. The first kappa shape index (κ1) is 16.1. The van der Waals surface area contributed by atoms with E-state index in [2.05, 4.69) is 5.32 Å². The summed E-state index contributed by atoms with van der Waals surface area (Å²) in [6, 6.07) is 16.4. The molecule has 124 valence electrons. The Balaban J connectivity index is 1.54. The van der Waals surface area contributed by atoms with Gasteiger partial charge in [-0.25, -0.2) is 0 Å². The number of benzene rings is 2. The smallest absolute Gasteiger partial charge is 0.253 e. The van der Waals surface area contributed by atoms with Crippen molar-refractivity contribution in [2.75, 3.05) is 24.1 Å². The van der Waals surface area contributed by atoms with Gasteiger partial charge in [0.15, 0.2) is 0 Å². The number of amides is 2. The highest BCUT2D eigenvalue weighted by atomic mass is 16.2. The van der Waals surface area contributed by atoms with Crippen LogP contribution in [0.25, 0.3) is 0 Å². The summed E-state index contributed by atoms with van der Waals surface area (Å²) in [5.74, 6) is -0.0293. The zero-order valence-electron chi connectivity index (χ0n) is 13.4. The summed E-state index contributed by atoms with van der Waals surface area (Å²) in [4.78, 5) is 26.6. The van der Waals surface area contributed by atoms with Crippen molar-refractivity contribution in [3.05, 3.63) is 60.2 Å². The van der Waals surface area contributed by atoms with Crippen molar-refractivity contribution in [3.8, 4) is 0 Å². The van der Waals surface area contributed by atoms with Gasteiger partial charge in [-0.05, 0) is 49.2 Å². The topological polar surface area (TPSA) is 75.4 Å². The third-order valence-electron chi connectivity index (χ3n) is 4.35. The number of hydrogen-bond donors (Lipinski definition) is 2. The lowest BCUT2D eigenvalue weighted by atomic mass is 9.95. The maximum Gasteiger partial charge on any atom is 0.253 e. The van der Waals surface area contributed by atoms with Crippen LogP contribution in [0.3, 0.4) is 0 Å². The highest BCUT2D eigenvalue weighted by Crippen LogP contribution is 2.21. The van der Waals surface area contributed by atoms with Crippen molar-refractivity contribution in [2.45, 2.75) is 12.8 Å². The Morgan fingerprint density at radius 3 is 2.21 bits per heavy atom. The number of likely N-dealkylation sites (tertiary alicyclic amines) is 1. The van der Waals surface area contributed by atoms with Crippen molar-refractivity contribution in [1.29, 1.82) is 0 Å². The Labute approximate surface area is 141 Å². The average Bonchev–Trinajstić information content (AvgIpc) is 2.63. The van der Waals surface area contributed by atoms with Crippen LogP contribution in [0.2, 0.25) is 0 Å². The highest BCUT2D eigenvalue weighted by Gasteiger charge is 2.27. The lowest BCUT2D eigenvalue weighted by Crippen LogP contribution is -2.41. The predicted octanol–water partition coefficient (Wildman–Crippen LogP) is 2.76. The van der Waals surface area contributed by atoms with Crippen LogP contribution in [-0.2, 0) is 4.79 Å². The Morgan fingerprint density at radius 2 is 1.58 bits per heavy atom. The molecule has 5 nitrogen and oxygen atoms in total. The van der Waals surface area contributed by atoms with Gasteiger partial charge in [0, 0.05) is 35.9 Å². The normalized spacial score (nSPS) is 15.1. The van der Waals surface area contributed by atoms with Crippen LogP contribution in [0.15, 0.2) is 54.6 Å². The fourth-order valence-electron chi connectivity index (χ4n) is 2.92. The first-order chi connectivity index (χ1) is 11.6. The van der Waals surface area contributed by atoms with E-state index in [1.54, 1.807) is 29.2 Å². The molecule has 0 atom stereocenters. The third kappa shape index (κ3) is 3.74. The molecular formula is C19H21N3O2. The van der Waals surface area contributed by atoms with Crippen LogP contribution in [0.5, 0.6) is 0 Å². The van der Waals surface area contributed by atoms with E-state index < -0.39 is 0 Å². The Kier molecular flexibility index (Phi) is 4.79. The summed E-state index contributed by atoms with van der Waals surface area (Å²) in [6.45, 7) is 1.19. The van der Waals surface area contributed by atoms with Crippen LogP contribution < -0.4 is 11.1 Å². The number of carbonyl (C=O) groups is 2. The quantitative estimate of drug-likeness (QED) is 0.853. The molecule has 3 rings (SSSR count). The number of para-hydroxylation sites is 1. The van der Waals surface area contributed by atoms with Crippen LogP contribution >= 0.6 is 0 Å². The van der Waals surface area contributed by atoms with Crippen molar-refractivity contribution in [1.82, 2.24) is 4.90 Å². The van der Waals surface area contributed by atoms with Crippen LogP contribution in [0, 0.1) is 5.92 Å². The fourth-order valence-corrected chi connectivity index (χ4v) is 2.92. The number of rotatable bonds is 3. The maximum atomic E-state index is 12.5. The van der Waals surface area contributed by atoms with Gasteiger partial charge in [-0.1, -0.05) is 18.2 Å². The second kappa shape index (κ2) is 7.17. The van der Waals surface area contributed by atoms with Crippen molar-refractivity contribution >= 4 is 23.2 Å². The van der Waals surface area contributed by atoms with E-state index in [4.69, 9.17) is 5.73 Å². The SMILES string of the molecule is Nc1ccc(C(=O)N2CCC(C(=O)Nc3ccccc3)CC2)cc1. The number of nitrogens with two attached hydrogens (primary N) is 1. The molecule has 1 aliphatic heterocycles. The largest absolute Gasteiger partial charge is 0.399 e. The molecule has 1 saturated heterocycles. The zero-order chi connectivity index (χ0) is 16.9. The summed E-state index contributed by atoms with van der Waals surface area (Å²) < 4.78 is 0. The summed E-state index contributed by atoms with van der Waals surface area (Å²) in [5.41, 5.74) is 7.74. The third-order valence-corrected chi connectivity index (χ3v) is 4.35. The van der Waals surface area contributed by atoms with Crippen molar-refractivity contribution in [2.24, 2.45) is 5.92 Å². The predicted molar refractivity (Wildman–Crippen MR) is 94.6 cm³/mol. The monoisotopic (exact) mass is 323 g/mol. The van der Waals surface area contributed by atoms with Gasteiger partial charge in [-0.15, -0.1) is 0 Å². The van der Waals surface area contributed by atoms with E-state index in [9.17, 15) is 9.59 Å². The standard InChI is InChI=1S/C19H21N3O2/c20-16-8-6-15(7-9-16)19(24)22-12-10-14(11-13-22)18(23)21-17-4-2-1-3-5-17/h1-9,14H,10-13,20H2,(H,21,23). The van der Waals surface area contributed by atoms with E-state index in [0.29, 0.717) is 37.2 Å². The summed E-state index contributed by atoms with van der Waals surface area (Å²) in [6.07, 6.45) is 1.36. The number of carbonyl (C=O) groups excluding carboxylic acids is 2. The van der Waals surface area contributed by atoms with E-state index in [1.165, 1.54) is 0 Å². The number of nitrogen functional groups attached to an aromatic ring is 1. The van der Waals surface area contributed by atoms with Gasteiger partial charge in [0.1, 0.15) is 0 Å². The zero-order valence-corrected chi connectivity index (χ0v) is 13.4. The van der Waals surface area contributed by atoms with Gasteiger partial charge in [0.05, 0.1) is 0 Å². The molecule has 1 heterocycles. The van der Waals surface area contributed by atoms with E-state index >= 15 is 0 Å². The molecule has 0 aromatic heterocycles. The molecule has 5 heteroatoms. The molecule has 0 radical (unpaired) electrons. The molecule has 0 unspecified atom stereocenters. The second-order valence-corrected chi connectivity index (χ2v) is 6.04. The van der Waals surface area contributed by atoms with Crippen molar-refractivity contribution < 1.29 is 9.59 Å². The Morgan fingerprint density at radius 1 is 0.958 bits per heavy atom. The Bertz CT molecular complexity index is 705. The summed E-state index contributed by atoms with van der Waals surface area (Å²) in [7, 11) is 0.